The molecule has 1 atom stereocenters. The molecular formula is C15H21FN2S2. The maximum absolute atomic E-state index is 14.1. The van der Waals surface area contributed by atoms with Crippen LogP contribution in [0.15, 0.2) is 18.2 Å². The minimum Gasteiger partial charge on any atom is -0.326 e. The standard InChI is InChI=1S/C15H21FN2S2/c1-10(9-19-3)18(2)8-11-14(7-17)20-13-6-4-5-12(16)15(11)13/h4-6,10H,7-9,17H2,1-3H3. The van der Waals surface area contributed by atoms with Gasteiger partial charge in [0.2, 0.25) is 0 Å². The molecule has 0 saturated heterocycles. The molecule has 1 aromatic heterocycles. The molecule has 0 amide bonds. The molecule has 20 heavy (non-hydrogen) atoms. The number of hydrogen-bond acceptors (Lipinski definition) is 4. The lowest BCUT2D eigenvalue weighted by atomic mass is 10.1. The molecule has 2 rings (SSSR count). The van der Waals surface area contributed by atoms with Gasteiger partial charge in [-0.05, 0) is 37.9 Å². The molecular weight excluding hydrogens is 291 g/mol. The maximum Gasteiger partial charge on any atom is 0.132 e. The van der Waals surface area contributed by atoms with Crippen LogP contribution in [0, 0.1) is 5.82 Å². The van der Waals surface area contributed by atoms with Crippen molar-refractivity contribution in [3.63, 3.8) is 0 Å². The zero-order valence-electron chi connectivity index (χ0n) is 12.1. The molecule has 0 aliphatic heterocycles. The van der Waals surface area contributed by atoms with Gasteiger partial charge in [0.1, 0.15) is 5.82 Å². The first-order valence-corrected chi connectivity index (χ1v) is 8.87. The molecule has 2 N–H and O–H groups in total. The number of thioether (sulfide) groups is 1. The third-order valence-electron chi connectivity index (χ3n) is 3.60. The van der Waals surface area contributed by atoms with E-state index >= 15 is 0 Å². The van der Waals surface area contributed by atoms with Gasteiger partial charge in [0.15, 0.2) is 0 Å². The lowest BCUT2D eigenvalue weighted by Crippen LogP contribution is -2.30. The van der Waals surface area contributed by atoms with Gasteiger partial charge < -0.3 is 5.73 Å². The zero-order chi connectivity index (χ0) is 14.7. The van der Waals surface area contributed by atoms with E-state index in [9.17, 15) is 4.39 Å². The monoisotopic (exact) mass is 312 g/mol. The summed E-state index contributed by atoms with van der Waals surface area (Å²) in [5.41, 5.74) is 6.90. The summed E-state index contributed by atoms with van der Waals surface area (Å²) < 4.78 is 15.1. The van der Waals surface area contributed by atoms with E-state index in [1.54, 1.807) is 17.4 Å². The fourth-order valence-corrected chi connectivity index (χ4v) is 4.17. The van der Waals surface area contributed by atoms with Gasteiger partial charge in [-0.3, -0.25) is 4.90 Å². The lowest BCUT2D eigenvalue weighted by molar-refractivity contribution is 0.270. The molecule has 1 unspecified atom stereocenters. The van der Waals surface area contributed by atoms with Gasteiger partial charge >= 0.3 is 0 Å². The Labute approximate surface area is 128 Å². The fraction of sp³-hybridized carbons (Fsp3) is 0.467. The molecule has 0 saturated carbocycles. The molecule has 5 heteroatoms. The van der Waals surface area contributed by atoms with Crippen molar-refractivity contribution in [3.05, 3.63) is 34.5 Å². The van der Waals surface area contributed by atoms with E-state index in [1.807, 2.05) is 17.8 Å². The van der Waals surface area contributed by atoms with Crippen LogP contribution in [0.4, 0.5) is 4.39 Å². The highest BCUT2D eigenvalue weighted by Gasteiger charge is 2.18. The Morgan fingerprint density at radius 2 is 2.20 bits per heavy atom. The minimum atomic E-state index is -0.139. The van der Waals surface area contributed by atoms with E-state index in [-0.39, 0.29) is 5.82 Å². The largest absolute Gasteiger partial charge is 0.326 e. The lowest BCUT2D eigenvalue weighted by Gasteiger charge is -2.24. The second-order valence-corrected chi connectivity index (χ2v) is 7.09. The second kappa shape index (κ2) is 6.89. The van der Waals surface area contributed by atoms with Crippen LogP contribution < -0.4 is 5.73 Å². The van der Waals surface area contributed by atoms with Crippen LogP contribution >= 0.6 is 23.1 Å². The first-order chi connectivity index (χ1) is 9.58. The molecule has 110 valence electrons. The van der Waals surface area contributed by atoms with Crippen LogP contribution in [0.25, 0.3) is 10.1 Å². The van der Waals surface area contributed by atoms with Crippen LogP contribution in [0.1, 0.15) is 17.4 Å². The van der Waals surface area contributed by atoms with E-state index in [4.69, 9.17) is 5.73 Å². The van der Waals surface area contributed by atoms with E-state index in [0.717, 1.165) is 32.8 Å². The molecule has 1 heterocycles. The van der Waals surface area contributed by atoms with Crippen molar-refractivity contribution in [2.24, 2.45) is 5.73 Å². The molecule has 0 aliphatic carbocycles. The predicted molar refractivity (Wildman–Crippen MR) is 89.0 cm³/mol. The molecule has 0 fully saturated rings. The Bertz CT molecular complexity index is 583. The third-order valence-corrected chi connectivity index (χ3v) is 5.64. The fourth-order valence-electron chi connectivity index (χ4n) is 2.32. The average Bonchev–Trinajstić information content (AvgIpc) is 2.78. The molecule has 0 aliphatic rings. The topological polar surface area (TPSA) is 29.3 Å². The number of nitrogens with two attached hydrogens (primary N) is 1. The Morgan fingerprint density at radius 3 is 2.85 bits per heavy atom. The van der Waals surface area contributed by atoms with Crippen LogP contribution in [-0.4, -0.2) is 30.0 Å². The predicted octanol–water partition coefficient (Wildman–Crippen LogP) is 3.68. The van der Waals surface area contributed by atoms with Crippen molar-refractivity contribution < 1.29 is 4.39 Å². The molecule has 0 bridgehead atoms. The van der Waals surface area contributed by atoms with Gasteiger partial charge in [0.05, 0.1) is 0 Å². The molecule has 2 nitrogen and oxygen atoms in total. The highest BCUT2D eigenvalue weighted by atomic mass is 32.2. The summed E-state index contributed by atoms with van der Waals surface area (Å²) in [6.45, 7) is 3.41. The van der Waals surface area contributed by atoms with Gasteiger partial charge in [-0.25, -0.2) is 4.39 Å². The van der Waals surface area contributed by atoms with Crippen molar-refractivity contribution in [3.8, 4) is 0 Å². The number of halogens is 1. The first-order valence-electron chi connectivity index (χ1n) is 6.66. The van der Waals surface area contributed by atoms with Crippen LogP contribution in [0.5, 0.6) is 0 Å². The number of rotatable bonds is 6. The normalized spacial score (nSPS) is 13.3. The Hall–Kier alpha value is -0.620. The minimum absolute atomic E-state index is 0.139. The summed E-state index contributed by atoms with van der Waals surface area (Å²) in [5.74, 6) is 0.929. The van der Waals surface area contributed by atoms with Crippen LogP contribution in [0.3, 0.4) is 0 Å². The number of fused-ring (bicyclic) bond motifs is 1. The molecule has 2 aromatic rings. The number of nitrogens with zero attached hydrogens (tertiary/aromatic N) is 1. The smallest absolute Gasteiger partial charge is 0.132 e. The summed E-state index contributed by atoms with van der Waals surface area (Å²) >= 11 is 3.44. The highest BCUT2D eigenvalue weighted by molar-refractivity contribution is 7.98. The van der Waals surface area contributed by atoms with E-state index in [0.29, 0.717) is 12.6 Å². The van der Waals surface area contributed by atoms with Crippen molar-refractivity contribution in [2.45, 2.75) is 26.1 Å². The maximum atomic E-state index is 14.1. The SMILES string of the molecule is CSCC(C)N(C)Cc1c(CN)sc2cccc(F)c12. The van der Waals surface area contributed by atoms with Crippen LogP contribution in [-0.2, 0) is 13.1 Å². The number of benzene rings is 1. The van der Waals surface area contributed by atoms with Gasteiger partial charge in [0.25, 0.3) is 0 Å². The Balaban J connectivity index is 2.37. The molecule has 1 aromatic carbocycles. The Kier molecular flexibility index (Phi) is 5.43. The van der Waals surface area contributed by atoms with Crippen molar-refractivity contribution >= 4 is 33.2 Å². The Morgan fingerprint density at radius 1 is 1.45 bits per heavy atom. The van der Waals surface area contributed by atoms with Gasteiger partial charge in [-0.2, -0.15) is 11.8 Å². The van der Waals surface area contributed by atoms with Crippen molar-refractivity contribution in [1.29, 1.82) is 0 Å². The van der Waals surface area contributed by atoms with E-state index < -0.39 is 0 Å². The van der Waals surface area contributed by atoms with Gasteiger partial charge in [-0.1, -0.05) is 6.07 Å². The van der Waals surface area contributed by atoms with Crippen molar-refractivity contribution in [2.75, 3.05) is 19.1 Å². The summed E-state index contributed by atoms with van der Waals surface area (Å²) in [6.07, 6.45) is 2.11. The zero-order valence-corrected chi connectivity index (χ0v) is 13.8. The molecule has 0 radical (unpaired) electrons. The summed E-state index contributed by atoms with van der Waals surface area (Å²) in [6, 6.07) is 5.72. The third kappa shape index (κ3) is 3.17. The summed E-state index contributed by atoms with van der Waals surface area (Å²) in [4.78, 5) is 3.36. The van der Waals surface area contributed by atoms with Crippen molar-refractivity contribution in [1.82, 2.24) is 4.90 Å². The quantitative estimate of drug-likeness (QED) is 0.882. The first kappa shape index (κ1) is 15.8. The van der Waals surface area contributed by atoms with Crippen LogP contribution in [0.2, 0.25) is 0 Å². The van der Waals surface area contributed by atoms with Gasteiger partial charge in [-0.15, -0.1) is 11.3 Å². The second-order valence-electron chi connectivity index (χ2n) is 5.04. The summed E-state index contributed by atoms with van der Waals surface area (Å²) in [5, 5.41) is 0.751. The van der Waals surface area contributed by atoms with E-state index in [1.165, 1.54) is 6.07 Å². The number of hydrogen-bond donors (Lipinski definition) is 1. The molecule has 0 spiro atoms. The number of thiophene rings is 1. The van der Waals surface area contributed by atoms with E-state index in [2.05, 4.69) is 25.1 Å². The van der Waals surface area contributed by atoms with Gasteiger partial charge in [0, 0.05) is 39.8 Å². The highest BCUT2D eigenvalue weighted by Crippen LogP contribution is 2.34. The average molecular weight is 312 g/mol. The summed E-state index contributed by atoms with van der Waals surface area (Å²) in [7, 11) is 2.09.